The van der Waals surface area contributed by atoms with Gasteiger partial charge in [-0.15, -0.1) is 0 Å². The molecule has 6 heteroatoms. The van der Waals surface area contributed by atoms with Crippen LogP contribution in [0.2, 0.25) is 0 Å². The van der Waals surface area contributed by atoms with Crippen LogP contribution >= 0.6 is 0 Å². The summed E-state index contributed by atoms with van der Waals surface area (Å²) >= 11 is 0. The Kier molecular flexibility index (Phi) is 4.93. The van der Waals surface area contributed by atoms with Crippen molar-refractivity contribution in [2.75, 3.05) is 33.1 Å². The van der Waals surface area contributed by atoms with E-state index in [-0.39, 0.29) is 19.0 Å². The van der Waals surface area contributed by atoms with E-state index in [1.54, 1.807) is 0 Å². The predicted octanol–water partition coefficient (Wildman–Crippen LogP) is 3.23. The number of amides is 1. The highest BCUT2D eigenvalue weighted by Crippen LogP contribution is 2.45. The molecule has 5 rings (SSSR count). The van der Waals surface area contributed by atoms with Gasteiger partial charge in [0.05, 0.1) is 18.6 Å². The highest BCUT2D eigenvalue weighted by atomic mass is 16.7. The minimum atomic E-state index is -0.424. The van der Waals surface area contributed by atoms with Crippen molar-refractivity contribution in [3.05, 3.63) is 23.8 Å². The highest BCUT2D eigenvalue weighted by molar-refractivity contribution is 5.88. The van der Waals surface area contributed by atoms with Crippen LogP contribution in [0.1, 0.15) is 50.5 Å². The first-order chi connectivity index (χ1) is 13.8. The molecule has 4 aliphatic rings. The summed E-state index contributed by atoms with van der Waals surface area (Å²) < 4.78 is 22.4. The average Bonchev–Trinajstić information content (AvgIpc) is 3.45. The Labute approximate surface area is 166 Å². The lowest BCUT2D eigenvalue weighted by atomic mass is 9.68. The molecule has 1 aromatic rings. The van der Waals surface area contributed by atoms with E-state index >= 15 is 0 Å². The van der Waals surface area contributed by atoms with Crippen molar-refractivity contribution >= 4 is 5.91 Å². The number of rotatable bonds is 3. The fourth-order valence-corrected chi connectivity index (χ4v) is 5.30. The minimum absolute atomic E-state index is 0.0743. The molecule has 0 unspecified atom stereocenters. The monoisotopic (exact) mass is 387 g/mol. The lowest BCUT2D eigenvalue weighted by molar-refractivity contribution is -0.144. The van der Waals surface area contributed by atoms with Gasteiger partial charge in [0.15, 0.2) is 17.8 Å². The topological polar surface area (TPSA) is 57.2 Å². The number of piperidine rings is 1. The molecule has 0 aromatic heterocycles. The third kappa shape index (κ3) is 3.16. The molecule has 28 heavy (non-hydrogen) atoms. The second kappa shape index (κ2) is 7.56. The maximum atomic E-state index is 13.8. The quantitative estimate of drug-likeness (QED) is 0.797. The van der Waals surface area contributed by atoms with Crippen molar-refractivity contribution in [1.82, 2.24) is 4.90 Å². The zero-order chi connectivity index (χ0) is 19.0. The number of benzene rings is 1. The molecule has 3 heterocycles. The molecule has 3 aliphatic heterocycles. The van der Waals surface area contributed by atoms with Gasteiger partial charge in [0, 0.05) is 19.0 Å². The van der Waals surface area contributed by atoms with Gasteiger partial charge in [0.2, 0.25) is 12.7 Å². The number of ether oxygens (including phenoxy) is 4. The van der Waals surface area contributed by atoms with Crippen molar-refractivity contribution in [3.8, 4) is 11.5 Å². The van der Waals surface area contributed by atoms with Crippen LogP contribution in [0, 0.1) is 5.92 Å². The maximum absolute atomic E-state index is 13.8. The normalized spacial score (nSPS) is 25.2. The summed E-state index contributed by atoms with van der Waals surface area (Å²) in [6, 6.07) is 6.07. The zero-order valence-electron chi connectivity index (χ0n) is 16.4. The van der Waals surface area contributed by atoms with E-state index in [1.807, 2.05) is 12.1 Å². The van der Waals surface area contributed by atoms with E-state index in [4.69, 9.17) is 18.9 Å². The molecular weight excluding hydrogens is 358 g/mol. The van der Waals surface area contributed by atoms with Gasteiger partial charge in [-0.1, -0.05) is 25.3 Å². The van der Waals surface area contributed by atoms with Crippen LogP contribution in [0.3, 0.4) is 0 Å². The Morgan fingerprint density at radius 2 is 1.68 bits per heavy atom. The van der Waals surface area contributed by atoms with Gasteiger partial charge in [-0.05, 0) is 43.4 Å². The molecule has 0 radical (unpaired) electrons. The summed E-state index contributed by atoms with van der Waals surface area (Å²) in [5.74, 6) is 2.24. The van der Waals surface area contributed by atoms with E-state index in [0.717, 1.165) is 68.7 Å². The first-order valence-electron chi connectivity index (χ1n) is 10.7. The molecule has 3 fully saturated rings. The lowest BCUT2D eigenvalue weighted by Crippen LogP contribution is -2.51. The van der Waals surface area contributed by atoms with Crippen molar-refractivity contribution in [2.24, 2.45) is 5.92 Å². The third-order valence-corrected chi connectivity index (χ3v) is 6.90. The summed E-state index contributed by atoms with van der Waals surface area (Å²) in [5, 5.41) is 0. The van der Waals surface area contributed by atoms with Crippen LogP contribution in [0.15, 0.2) is 18.2 Å². The lowest BCUT2D eigenvalue weighted by Gasteiger charge is -2.43. The summed E-state index contributed by atoms with van der Waals surface area (Å²) in [7, 11) is 0. The van der Waals surface area contributed by atoms with Gasteiger partial charge in [0.25, 0.3) is 0 Å². The number of likely N-dealkylation sites (tertiary alicyclic amines) is 1. The molecule has 1 amide bonds. The molecule has 6 nitrogen and oxygen atoms in total. The SMILES string of the molecule is O=C(N1CCC(C2OCCO2)CC1)C1(c2ccc3c(c2)OCO3)CCCCC1. The molecule has 0 spiro atoms. The number of nitrogens with zero attached hydrogens (tertiary/aromatic N) is 1. The standard InChI is InChI=1S/C22H29NO5/c24-21(23-10-6-16(7-11-23)20-25-12-13-26-20)22(8-2-1-3-9-22)17-4-5-18-19(14-17)28-15-27-18/h4-5,14,16,20H,1-3,6-13,15H2. The van der Waals surface area contributed by atoms with Gasteiger partial charge in [-0.25, -0.2) is 0 Å². The third-order valence-electron chi connectivity index (χ3n) is 6.90. The Morgan fingerprint density at radius 1 is 0.964 bits per heavy atom. The van der Waals surface area contributed by atoms with Gasteiger partial charge < -0.3 is 23.8 Å². The van der Waals surface area contributed by atoms with Gasteiger partial charge >= 0.3 is 0 Å². The van der Waals surface area contributed by atoms with Crippen molar-refractivity contribution in [1.29, 1.82) is 0 Å². The van der Waals surface area contributed by atoms with Crippen LogP contribution in [-0.4, -0.2) is 50.2 Å². The van der Waals surface area contributed by atoms with Crippen molar-refractivity contribution in [2.45, 2.75) is 56.7 Å². The zero-order valence-corrected chi connectivity index (χ0v) is 16.4. The summed E-state index contributed by atoms with van der Waals surface area (Å²) in [6.07, 6.45) is 7.07. The van der Waals surface area contributed by atoms with E-state index in [2.05, 4.69) is 11.0 Å². The number of carbonyl (C=O) groups excluding carboxylic acids is 1. The average molecular weight is 387 g/mol. The molecule has 152 valence electrons. The molecule has 0 N–H and O–H groups in total. The Hall–Kier alpha value is -1.79. The second-order valence-corrected chi connectivity index (χ2v) is 8.45. The molecule has 1 saturated carbocycles. The molecule has 0 atom stereocenters. The Bertz CT molecular complexity index is 716. The Balaban J connectivity index is 1.35. The van der Waals surface area contributed by atoms with Crippen molar-refractivity contribution in [3.63, 3.8) is 0 Å². The molecule has 2 saturated heterocycles. The number of hydrogen-bond acceptors (Lipinski definition) is 5. The summed E-state index contributed by atoms with van der Waals surface area (Å²) in [4.78, 5) is 15.9. The summed E-state index contributed by atoms with van der Waals surface area (Å²) in [6.45, 7) is 3.23. The van der Waals surface area contributed by atoms with Crippen LogP contribution in [0.5, 0.6) is 11.5 Å². The van der Waals surface area contributed by atoms with Gasteiger partial charge in [0.1, 0.15) is 0 Å². The van der Waals surface area contributed by atoms with Crippen LogP contribution in [-0.2, 0) is 19.7 Å². The maximum Gasteiger partial charge on any atom is 0.233 e. The molecule has 1 aromatic carbocycles. The first-order valence-corrected chi connectivity index (χ1v) is 10.7. The smallest absolute Gasteiger partial charge is 0.233 e. The van der Waals surface area contributed by atoms with Crippen LogP contribution < -0.4 is 9.47 Å². The molecule has 1 aliphatic carbocycles. The fraction of sp³-hybridized carbons (Fsp3) is 0.682. The van der Waals surface area contributed by atoms with E-state index in [1.165, 1.54) is 6.42 Å². The highest BCUT2D eigenvalue weighted by Gasteiger charge is 2.45. The molecule has 0 bridgehead atoms. The predicted molar refractivity (Wildman–Crippen MR) is 102 cm³/mol. The first kappa shape index (κ1) is 18.3. The van der Waals surface area contributed by atoms with Crippen LogP contribution in [0.4, 0.5) is 0 Å². The van der Waals surface area contributed by atoms with Gasteiger partial charge in [-0.2, -0.15) is 0 Å². The molecular formula is C22H29NO5. The Morgan fingerprint density at radius 3 is 2.43 bits per heavy atom. The largest absolute Gasteiger partial charge is 0.454 e. The minimum Gasteiger partial charge on any atom is -0.454 e. The second-order valence-electron chi connectivity index (χ2n) is 8.45. The number of fused-ring (bicyclic) bond motifs is 1. The van der Waals surface area contributed by atoms with E-state index in [0.29, 0.717) is 19.1 Å². The number of carbonyl (C=O) groups is 1. The van der Waals surface area contributed by atoms with Crippen LogP contribution in [0.25, 0.3) is 0 Å². The van der Waals surface area contributed by atoms with Gasteiger partial charge in [-0.3, -0.25) is 4.79 Å². The van der Waals surface area contributed by atoms with Crippen molar-refractivity contribution < 1.29 is 23.7 Å². The van der Waals surface area contributed by atoms with E-state index < -0.39 is 5.41 Å². The fourth-order valence-electron chi connectivity index (χ4n) is 5.30. The van der Waals surface area contributed by atoms with E-state index in [9.17, 15) is 4.79 Å². The summed E-state index contributed by atoms with van der Waals surface area (Å²) in [5.41, 5.74) is 0.665. The number of hydrogen-bond donors (Lipinski definition) is 0.